The Labute approximate surface area is 144 Å². The van der Waals surface area contributed by atoms with Crippen LogP contribution in [0.2, 0.25) is 0 Å². The summed E-state index contributed by atoms with van der Waals surface area (Å²) in [4.78, 5) is 7.22. The second-order valence-corrected chi connectivity index (χ2v) is 7.10. The molecule has 0 spiro atoms. The summed E-state index contributed by atoms with van der Waals surface area (Å²) >= 11 is 0. The molecule has 0 aliphatic carbocycles. The molecule has 0 aromatic carbocycles. The molecular weight excluding hydrogens is 300 g/mol. The number of ether oxygens (including phenoxy) is 1. The van der Waals surface area contributed by atoms with Crippen molar-refractivity contribution in [2.75, 3.05) is 19.7 Å². The van der Waals surface area contributed by atoms with Crippen LogP contribution in [0.15, 0.2) is 24.5 Å². The second kappa shape index (κ2) is 7.45. The fourth-order valence-electron chi connectivity index (χ4n) is 3.15. The van der Waals surface area contributed by atoms with Gasteiger partial charge in [-0.2, -0.15) is 5.10 Å². The van der Waals surface area contributed by atoms with E-state index in [1.54, 1.807) is 0 Å². The van der Waals surface area contributed by atoms with Crippen LogP contribution in [0.5, 0.6) is 0 Å². The average Bonchev–Trinajstić information content (AvgIpc) is 2.94. The summed E-state index contributed by atoms with van der Waals surface area (Å²) in [5.41, 5.74) is 4.82. The molecule has 1 atom stereocenters. The fraction of sp³-hybridized carbons (Fsp3) is 0.579. The molecule has 2 aromatic heterocycles. The molecule has 1 aliphatic rings. The van der Waals surface area contributed by atoms with Crippen LogP contribution in [0, 0.1) is 13.8 Å². The summed E-state index contributed by atoms with van der Waals surface area (Å²) in [5, 5.41) is 4.37. The van der Waals surface area contributed by atoms with Crippen LogP contribution in [-0.2, 0) is 17.8 Å². The lowest BCUT2D eigenvalue weighted by Gasteiger charge is -2.33. The topological polar surface area (TPSA) is 43.2 Å². The molecule has 2 aromatic rings. The van der Waals surface area contributed by atoms with Crippen molar-refractivity contribution in [3.63, 3.8) is 0 Å². The van der Waals surface area contributed by atoms with Crippen LogP contribution >= 0.6 is 0 Å². The van der Waals surface area contributed by atoms with Crippen molar-refractivity contribution in [1.82, 2.24) is 19.7 Å². The van der Waals surface area contributed by atoms with Crippen molar-refractivity contribution < 1.29 is 4.74 Å². The average molecular weight is 328 g/mol. The van der Waals surface area contributed by atoms with Gasteiger partial charge in [0.1, 0.15) is 0 Å². The highest BCUT2D eigenvalue weighted by molar-refractivity contribution is 5.23. The maximum atomic E-state index is 5.92. The van der Waals surface area contributed by atoms with Gasteiger partial charge >= 0.3 is 0 Å². The minimum Gasteiger partial charge on any atom is -0.374 e. The maximum absolute atomic E-state index is 5.92. The summed E-state index contributed by atoms with van der Waals surface area (Å²) in [6, 6.07) is 4.40. The summed E-state index contributed by atoms with van der Waals surface area (Å²) in [7, 11) is 0. The Bertz CT molecular complexity index is 680. The van der Waals surface area contributed by atoms with Crippen molar-refractivity contribution in [2.24, 2.45) is 0 Å². The summed E-state index contributed by atoms with van der Waals surface area (Å²) in [6.45, 7) is 13.0. The molecule has 0 amide bonds. The Morgan fingerprint density at radius 1 is 1.29 bits per heavy atom. The number of hydrogen-bond acceptors (Lipinski definition) is 4. The van der Waals surface area contributed by atoms with Crippen molar-refractivity contribution in [1.29, 1.82) is 0 Å². The van der Waals surface area contributed by atoms with Crippen molar-refractivity contribution in [2.45, 2.75) is 52.8 Å². The van der Waals surface area contributed by atoms with Gasteiger partial charge in [-0.25, -0.2) is 0 Å². The van der Waals surface area contributed by atoms with Crippen LogP contribution in [0.1, 0.15) is 42.3 Å². The van der Waals surface area contributed by atoms with Crippen LogP contribution < -0.4 is 0 Å². The zero-order valence-electron chi connectivity index (χ0n) is 15.2. The molecule has 1 unspecified atom stereocenters. The number of pyridine rings is 1. The Balaban J connectivity index is 1.61. The molecule has 0 radical (unpaired) electrons. The SMILES string of the molecule is Cc1cnn(CC2CN(Cc3ccc(C(C)C)nc3C)CCO2)c1. The molecule has 3 rings (SSSR count). The number of aryl methyl sites for hydroxylation is 2. The van der Waals surface area contributed by atoms with Gasteiger partial charge in [0.2, 0.25) is 0 Å². The van der Waals surface area contributed by atoms with Crippen LogP contribution in [0.3, 0.4) is 0 Å². The van der Waals surface area contributed by atoms with Gasteiger partial charge in [-0.3, -0.25) is 14.6 Å². The minimum atomic E-state index is 0.196. The lowest BCUT2D eigenvalue weighted by Crippen LogP contribution is -2.43. The lowest BCUT2D eigenvalue weighted by molar-refractivity contribution is -0.0403. The van der Waals surface area contributed by atoms with E-state index in [-0.39, 0.29) is 6.10 Å². The van der Waals surface area contributed by atoms with Crippen LogP contribution in [0.4, 0.5) is 0 Å². The predicted molar refractivity (Wildman–Crippen MR) is 95.0 cm³/mol. The minimum absolute atomic E-state index is 0.196. The Morgan fingerprint density at radius 3 is 2.79 bits per heavy atom. The van der Waals surface area contributed by atoms with E-state index < -0.39 is 0 Å². The van der Waals surface area contributed by atoms with Gasteiger partial charge in [-0.05, 0) is 37.0 Å². The van der Waals surface area contributed by atoms with Gasteiger partial charge in [0, 0.05) is 37.2 Å². The molecule has 5 nitrogen and oxygen atoms in total. The number of rotatable bonds is 5. The first-order chi connectivity index (χ1) is 11.5. The summed E-state index contributed by atoms with van der Waals surface area (Å²) in [5.74, 6) is 0.475. The molecule has 24 heavy (non-hydrogen) atoms. The third kappa shape index (κ3) is 4.22. The van der Waals surface area contributed by atoms with Crippen molar-refractivity contribution in [3.05, 3.63) is 47.0 Å². The van der Waals surface area contributed by atoms with Gasteiger partial charge < -0.3 is 4.74 Å². The molecular formula is C19H28N4O. The van der Waals surface area contributed by atoms with E-state index in [1.165, 1.54) is 16.8 Å². The monoisotopic (exact) mass is 328 g/mol. The van der Waals surface area contributed by atoms with E-state index in [9.17, 15) is 0 Å². The van der Waals surface area contributed by atoms with Gasteiger partial charge in [0.15, 0.2) is 0 Å². The molecule has 0 N–H and O–H groups in total. The molecule has 0 bridgehead atoms. The highest BCUT2D eigenvalue weighted by Gasteiger charge is 2.22. The Morgan fingerprint density at radius 2 is 2.12 bits per heavy atom. The largest absolute Gasteiger partial charge is 0.374 e. The highest BCUT2D eigenvalue weighted by Crippen LogP contribution is 2.17. The molecule has 3 heterocycles. The number of morpholine rings is 1. The quantitative estimate of drug-likeness (QED) is 0.846. The fourth-order valence-corrected chi connectivity index (χ4v) is 3.15. The van der Waals surface area contributed by atoms with Gasteiger partial charge in [0.05, 0.1) is 25.5 Å². The first-order valence-electron chi connectivity index (χ1n) is 8.80. The third-order valence-corrected chi connectivity index (χ3v) is 4.58. The number of nitrogens with zero attached hydrogens (tertiary/aromatic N) is 4. The van der Waals surface area contributed by atoms with Crippen LogP contribution in [-0.4, -0.2) is 45.5 Å². The first-order valence-corrected chi connectivity index (χ1v) is 8.80. The summed E-state index contributed by atoms with van der Waals surface area (Å²) in [6.07, 6.45) is 4.16. The zero-order chi connectivity index (χ0) is 17.1. The Kier molecular flexibility index (Phi) is 5.31. The van der Waals surface area contributed by atoms with Crippen molar-refractivity contribution >= 4 is 0 Å². The second-order valence-electron chi connectivity index (χ2n) is 7.10. The third-order valence-electron chi connectivity index (χ3n) is 4.58. The highest BCUT2D eigenvalue weighted by atomic mass is 16.5. The smallest absolute Gasteiger partial charge is 0.0898 e. The van der Waals surface area contributed by atoms with E-state index in [0.717, 1.165) is 38.5 Å². The maximum Gasteiger partial charge on any atom is 0.0898 e. The lowest BCUT2D eigenvalue weighted by atomic mass is 10.1. The normalized spacial score (nSPS) is 19.1. The molecule has 130 valence electrons. The standard InChI is InChI=1S/C19H28N4O/c1-14(2)19-6-5-17(16(4)21-19)11-22-7-8-24-18(12-22)13-23-10-15(3)9-20-23/h5-6,9-10,14,18H,7-8,11-13H2,1-4H3. The molecule has 1 fully saturated rings. The number of hydrogen-bond donors (Lipinski definition) is 0. The Hall–Kier alpha value is -1.72. The predicted octanol–water partition coefficient (Wildman–Crippen LogP) is 2.92. The van der Waals surface area contributed by atoms with Gasteiger partial charge in [-0.1, -0.05) is 19.9 Å². The van der Waals surface area contributed by atoms with E-state index in [1.807, 2.05) is 10.9 Å². The molecule has 5 heteroatoms. The van der Waals surface area contributed by atoms with Gasteiger partial charge in [0.25, 0.3) is 0 Å². The zero-order valence-corrected chi connectivity index (χ0v) is 15.2. The van der Waals surface area contributed by atoms with Crippen molar-refractivity contribution in [3.8, 4) is 0 Å². The first kappa shape index (κ1) is 17.1. The van der Waals surface area contributed by atoms with E-state index in [2.05, 4.69) is 56.0 Å². The number of aromatic nitrogens is 3. The van der Waals surface area contributed by atoms with Gasteiger partial charge in [-0.15, -0.1) is 0 Å². The molecule has 1 aliphatic heterocycles. The van der Waals surface area contributed by atoms with E-state index in [0.29, 0.717) is 5.92 Å². The van der Waals surface area contributed by atoms with E-state index in [4.69, 9.17) is 9.72 Å². The summed E-state index contributed by atoms with van der Waals surface area (Å²) < 4.78 is 7.90. The van der Waals surface area contributed by atoms with E-state index >= 15 is 0 Å². The molecule has 0 saturated carbocycles. The molecule has 1 saturated heterocycles. The van der Waals surface area contributed by atoms with Crippen LogP contribution in [0.25, 0.3) is 0 Å².